The minimum atomic E-state index is -0.723. The third-order valence-electron chi connectivity index (χ3n) is 3.84. The fourth-order valence-corrected chi connectivity index (χ4v) is 2.67. The van der Waals surface area contributed by atoms with Crippen LogP contribution in [0.1, 0.15) is 30.5 Å². The van der Waals surface area contributed by atoms with Gasteiger partial charge in [0.2, 0.25) is 5.90 Å². The predicted octanol–water partition coefficient (Wildman–Crippen LogP) is 1.59. The highest BCUT2D eigenvalue weighted by Crippen LogP contribution is 2.27. The van der Waals surface area contributed by atoms with Gasteiger partial charge < -0.3 is 15.2 Å². The van der Waals surface area contributed by atoms with Crippen LogP contribution in [0.4, 0.5) is 0 Å². The van der Waals surface area contributed by atoms with Crippen LogP contribution in [0.2, 0.25) is 0 Å². The van der Waals surface area contributed by atoms with Crippen molar-refractivity contribution in [1.29, 1.82) is 0 Å². The SMILES string of the molecule is CC1COC(c2ccc(C3CC(C(=O)O)CN3)cc2)=N1. The molecule has 5 heteroatoms. The molecule has 0 radical (unpaired) electrons. The van der Waals surface area contributed by atoms with Gasteiger partial charge in [-0.25, -0.2) is 4.99 Å². The second kappa shape index (κ2) is 5.25. The number of rotatable bonds is 3. The van der Waals surface area contributed by atoms with E-state index in [4.69, 9.17) is 9.84 Å². The summed E-state index contributed by atoms with van der Waals surface area (Å²) in [6.07, 6.45) is 0.642. The van der Waals surface area contributed by atoms with E-state index in [2.05, 4.69) is 10.3 Å². The smallest absolute Gasteiger partial charge is 0.307 e. The van der Waals surface area contributed by atoms with E-state index in [0.717, 1.165) is 11.1 Å². The van der Waals surface area contributed by atoms with Crippen LogP contribution in [0.5, 0.6) is 0 Å². The predicted molar refractivity (Wildman–Crippen MR) is 74.9 cm³/mol. The molecule has 2 N–H and O–H groups in total. The van der Waals surface area contributed by atoms with Crippen molar-refractivity contribution in [3.8, 4) is 0 Å². The summed E-state index contributed by atoms with van der Waals surface area (Å²) in [7, 11) is 0. The van der Waals surface area contributed by atoms with E-state index in [9.17, 15) is 4.79 Å². The number of aliphatic carboxylic acids is 1. The maximum atomic E-state index is 11.0. The first-order valence-corrected chi connectivity index (χ1v) is 6.90. The van der Waals surface area contributed by atoms with Crippen LogP contribution in [-0.2, 0) is 9.53 Å². The molecule has 3 atom stereocenters. The zero-order valence-corrected chi connectivity index (χ0v) is 11.4. The zero-order chi connectivity index (χ0) is 14.1. The fourth-order valence-electron chi connectivity index (χ4n) is 2.67. The van der Waals surface area contributed by atoms with Crippen molar-refractivity contribution >= 4 is 11.9 Å². The molecule has 2 heterocycles. The van der Waals surface area contributed by atoms with Crippen LogP contribution in [0, 0.1) is 5.92 Å². The van der Waals surface area contributed by atoms with Crippen molar-refractivity contribution in [2.75, 3.05) is 13.2 Å². The average molecular weight is 274 g/mol. The number of hydrogen-bond acceptors (Lipinski definition) is 4. The summed E-state index contributed by atoms with van der Waals surface area (Å²) in [6.45, 7) is 3.20. The highest BCUT2D eigenvalue weighted by molar-refractivity contribution is 5.95. The standard InChI is InChI=1S/C15H18N2O3/c1-9-8-20-14(17-9)11-4-2-10(3-5-11)13-6-12(7-16-13)15(18)19/h2-5,9,12-13,16H,6-8H2,1H3,(H,18,19). The Hall–Kier alpha value is -1.88. The van der Waals surface area contributed by atoms with Crippen LogP contribution in [-0.4, -0.2) is 36.2 Å². The van der Waals surface area contributed by atoms with Gasteiger partial charge in [-0.05, 0) is 31.0 Å². The minimum absolute atomic E-state index is 0.121. The van der Waals surface area contributed by atoms with Crippen LogP contribution in [0.25, 0.3) is 0 Å². The summed E-state index contributed by atoms with van der Waals surface area (Å²) in [5, 5.41) is 12.3. The molecule has 3 rings (SSSR count). The molecule has 0 amide bonds. The Balaban J connectivity index is 1.71. The number of aliphatic imine (C=N–C) groups is 1. The molecule has 1 aromatic carbocycles. The molecule has 0 aliphatic carbocycles. The lowest BCUT2D eigenvalue weighted by Crippen LogP contribution is -2.17. The monoisotopic (exact) mass is 274 g/mol. The van der Waals surface area contributed by atoms with Gasteiger partial charge in [-0.15, -0.1) is 0 Å². The number of nitrogens with one attached hydrogen (secondary N) is 1. The molecular formula is C15H18N2O3. The summed E-state index contributed by atoms with van der Waals surface area (Å²) in [5.74, 6) is -0.311. The Morgan fingerprint density at radius 3 is 2.70 bits per heavy atom. The van der Waals surface area contributed by atoms with Gasteiger partial charge in [0.25, 0.3) is 0 Å². The first kappa shape index (κ1) is 13.1. The zero-order valence-electron chi connectivity index (χ0n) is 11.4. The van der Waals surface area contributed by atoms with E-state index in [0.29, 0.717) is 25.5 Å². The second-order valence-corrected chi connectivity index (χ2v) is 5.45. The summed E-state index contributed by atoms with van der Waals surface area (Å²) in [4.78, 5) is 15.4. The van der Waals surface area contributed by atoms with Gasteiger partial charge in [0.15, 0.2) is 0 Å². The summed E-state index contributed by atoms with van der Waals surface area (Å²) >= 11 is 0. The van der Waals surface area contributed by atoms with Crippen LogP contribution >= 0.6 is 0 Å². The molecule has 1 saturated heterocycles. The number of carboxylic acids is 1. The highest BCUT2D eigenvalue weighted by atomic mass is 16.5. The van der Waals surface area contributed by atoms with Crippen molar-refractivity contribution in [1.82, 2.24) is 5.32 Å². The summed E-state index contributed by atoms with van der Waals surface area (Å²) < 4.78 is 5.52. The van der Waals surface area contributed by atoms with Gasteiger partial charge in [-0.2, -0.15) is 0 Å². The number of carboxylic acid groups (broad SMARTS) is 1. The molecule has 106 valence electrons. The largest absolute Gasteiger partial charge is 0.481 e. The van der Waals surface area contributed by atoms with Crippen molar-refractivity contribution in [2.24, 2.45) is 10.9 Å². The van der Waals surface area contributed by atoms with E-state index < -0.39 is 5.97 Å². The molecule has 1 aromatic rings. The lowest BCUT2D eigenvalue weighted by molar-refractivity contribution is -0.141. The van der Waals surface area contributed by atoms with E-state index in [1.54, 1.807) is 0 Å². The van der Waals surface area contributed by atoms with Gasteiger partial charge in [-0.1, -0.05) is 12.1 Å². The van der Waals surface area contributed by atoms with Gasteiger partial charge in [0.05, 0.1) is 12.0 Å². The lowest BCUT2D eigenvalue weighted by atomic mass is 9.99. The van der Waals surface area contributed by atoms with Crippen LogP contribution in [0.15, 0.2) is 29.3 Å². The van der Waals surface area contributed by atoms with E-state index in [1.165, 1.54) is 0 Å². The van der Waals surface area contributed by atoms with Gasteiger partial charge >= 0.3 is 5.97 Å². The number of nitrogens with zero attached hydrogens (tertiary/aromatic N) is 1. The molecule has 0 spiro atoms. The number of hydrogen-bond donors (Lipinski definition) is 2. The average Bonchev–Trinajstić information content (AvgIpc) is 3.08. The number of benzene rings is 1. The molecular weight excluding hydrogens is 256 g/mol. The molecule has 3 unspecified atom stereocenters. The van der Waals surface area contributed by atoms with E-state index in [1.807, 2.05) is 31.2 Å². The molecule has 20 heavy (non-hydrogen) atoms. The first-order chi connectivity index (χ1) is 9.63. The van der Waals surface area contributed by atoms with E-state index in [-0.39, 0.29) is 18.0 Å². The Kier molecular flexibility index (Phi) is 3.44. The third-order valence-corrected chi connectivity index (χ3v) is 3.84. The van der Waals surface area contributed by atoms with Crippen molar-refractivity contribution < 1.29 is 14.6 Å². The first-order valence-electron chi connectivity index (χ1n) is 6.90. The van der Waals surface area contributed by atoms with Crippen LogP contribution in [0.3, 0.4) is 0 Å². The molecule has 5 nitrogen and oxygen atoms in total. The Labute approximate surface area is 117 Å². The molecule has 2 aliphatic rings. The third kappa shape index (κ3) is 2.54. The van der Waals surface area contributed by atoms with Crippen molar-refractivity contribution in [3.05, 3.63) is 35.4 Å². The molecule has 0 saturated carbocycles. The molecule has 0 bridgehead atoms. The second-order valence-electron chi connectivity index (χ2n) is 5.45. The maximum absolute atomic E-state index is 11.0. The topological polar surface area (TPSA) is 70.9 Å². The fraction of sp³-hybridized carbons (Fsp3) is 0.467. The minimum Gasteiger partial charge on any atom is -0.481 e. The lowest BCUT2D eigenvalue weighted by Gasteiger charge is -2.11. The number of carbonyl (C=O) groups is 1. The highest BCUT2D eigenvalue weighted by Gasteiger charge is 2.30. The van der Waals surface area contributed by atoms with Gasteiger partial charge in [0, 0.05) is 18.2 Å². The van der Waals surface area contributed by atoms with Gasteiger partial charge in [-0.3, -0.25) is 4.79 Å². The summed E-state index contributed by atoms with van der Waals surface area (Å²) in [6, 6.07) is 8.36. The van der Waals surface area contributed by atoms with Crippen LogP contribution < -0.4 is 5.32 Å². The summed E-state index contributed by atoms with van der Waals surface area (Å²) in [5.41, 5.74) is 2.09. The van der Waals surface area contributed by atoms with Crippen molar-refractivity contribution in [2.45, 2.75) is 25.4 Å². The number of ether oxygens (including phenoxy) is 1. The van der Waals surface area contributed by atoms with E-state index >= 15 is 0 Å². The molecule has 1 fully saturated rings. The normalized spacial score (nSPS) is 29.1. The Bertz CT molecular complexity index is 539. The quantitative estimate of drug-likeness (QED) is 0.878. The Morgan fingerprint density at radius 2 is 2.15 bits per heavy atom. The van der Waals surface area contributed by atoms with Gasteiger partial charge in [0.1, 0.15) is 6.61 Å². The maximum Gasteiger partial charge on any atom is 0.307 e. The molecule has 0 aromatic heterocycles. The van der Waals surface area contributed by atoms with Crippen molar-refractivity contribution in [3.63, 3.8) is 0 Å². The molecule has 2 aliphatic heterocycles. The Morgan fingerprint density at radius 1 is 1.40 bits per heavy atom.